The van der Waals surface area contributed by atoms with Crippen molar-refractivity contribution in [1.82, 2.24) is 0 Å². The van der Waals surface area contributed by atoms with Crippen LogP contribution in [0.5, 0.6) is 0 Å². The zero-order chi connectivity index (χ0) is 21.6. The van der Waals surface area contributed by atoms with Gasteiger partial charge in [0.1, 0.15) is 5.41 Å². The third-order valence-corrected chi connectivity index (χ3v) is 6.79. The van der Waals surface area contributed by atoms with Crippen molar-refractivity contribution in [3.05, 3.63) is 113 Å². The van der Waals surface area contributed by atoms with E-state index in [0.717, 1.165) is 35.2 Å². The molecule has 31 heavy (non-hydrogen) atoms. The molecule has 0 saturated carbocycles. The third-order valence-electron chi connectivity index (χ3n) is 6.79. The summed E-state index contributed by atoms with van der Waals surface area (Å²) in [6.45, 7) is 7.33. The van der Waals surface area contributed by atoms with Crippen LogP contribution < -0.4 is 4.90 Å². The van der Waals surface area contributed by atoms with Gasteiger partial charge < -0.3 is 4.90 Å². The minimum atomic E-state index is -0.820. The van der Waals surface area contributed by atoms with Gasteiger partial charge in [-0.1, -0.05) is 99.7 Å². The lowest BCUT2D eigenvalue weighted by Gasteiger charge is -2.34. The lowest BCUT2D eigenvalue weighted by atomic mass is 9.67. The average Bonchev–Trinajstić information content (AvgIpc) is 3.01. The van der Waals surface area contributed by atoms with E-state index >= 15 is 0 Å². The molecule has 3 aromatic carbocycles. The van der Waals surface area contributed by atoms with E-state index in [1.54, 1.807) is 0 Å². The van der Waals surface area contributed by atoms with Crippen LogP contribution in [0.4, 0.5) is 5.69 Å². The number of benzene rings is 3. The second-order valence-electron chi connectivity index (χ2n) is 9.68. The van der Waals surface area contributed by atoms with E-state index in [2.05, 4.69) is 93.6 Å². The Kier molecular flexibility index (Phi) is 4.62. The SMILES string of the molecule is CC(C)(C)c1ccc2c(c1)C1(c3ccccc3)C(=O)N(C/C=C\CC2)c2ccccc21. The number of hydrogen-bond donors (Lipinski definition) is 0. The summed E-state index contributed by atoms with van der Waals surface area (Å²) in [5, 5.41) is 0. The number of carbonyl (C=O) groups is 1. The van der Waals surface area contributed by atoms with Crippen molar-refractivity contribution in [3.8, 4) is 0 Å². The maximum absolute atomic E-state index is 14.4. The maximum Gasteiger partial charge on any atom is 0.247 e. The molecule has 2 aliphatic rings. The van der Waals surface area contributed by atoms with Gasteiger partial charge in [0, 0.05) is 17.8 Å². The van der Waals surface area contributed by atoms with Crippen LogP contribution in [0, 0.1) is 0 Å². The highest BCUT2D eigenvalue weighted by atomic mass is 16.2. The molecule has 0 fully saturated rings. The van der Waals surface area contributed by atoms with E-state index in [0.29, 0.717) is 6.54 Å². The highest BCUT2D eigenvalue weighted by Gasteiger charge is 2.54. The normalized spacial score (nSPS) is 21.4. The van der Waals surface area contributed by atoms with Gasteiger partial charge in [0.2, 0.25) is 5.91 Å². The summed E-state index contributed by atoms with van der Waals surface area (Å²) in [7, 11) is 0. The molecule has 1 unspecified atom stereocenters. The van der Waals surface area contributed by atoms with Gasteiger partial charge in [-0.3, -0.25) is 4.79 Å². The molecule has 0 spiro atoms. The van der Waals surface area contributed by atoms with E-state index in [1.807, 2.05) is 17.0 Å². The molecule has 0 saturated heterocycles. The molecule has 0 radical (unpaired) electrons. The number of rotatable bonds is 1. The third kappa shape index (κ3) is 2.96. The van der Waals surface area contributed by atoms with Gasteiger partial charge in [0.05, 0.1) is 0 Å². The topological polar surface area (TPSA) is 20.3 Å². The van der Waals surface area contributed by atoms with Crippen LogP contribution >= 0.6 is 0 Å². The second kappa shape index (κ2) is 7.23. The number of anilines is 1. The minimum absolute atomic E-state index is 0.00296. The fraction of sp³-hybridized carbons (Fsp3) is 0.276. The van der Waals surface area contributed by atoms with Crippen molar-refractivity contribution < 1.29 is 4.79 Å². The van der Waals surface area contributed by atoms with E-state index in [1.165, 1.54) is 11.1 Å². The summed E-state index contributed by atoms with van der Waals surface area (Å²) in [6, 6.07) is 25.5. The predicted octanol–water partition coefficient (Wildman–Crippen LogP) is 6.17. The number of hydrogen-bond acceptors (Lipinski definition) is 1. The van der Waals surface area contributed by atoms with Crippen molar-refractivity contribution in [3.63, 3.8) is 0 Å². The molecule has 1 amide bonds. The Balaban J connectivity index is 1.93. The van der Waals surface area contributed by atoms with E-state index in [9.17, 15) is 4.79 Å². The second-order valence-corrected chi connectivity index (χ2v) is 9.68. The molecule has 2 nitrogen and oxygen atoms in total. The first-order valence-corrected chi connectivity index (χ1v) is 11.2. The molecular weight excluding hydrogens is 378 g/mol. The number of nitrogens with zero attached hydrogens (tertiary/aromatic N) is 1. The number of aryl methyl sites for hydroxylation is 1. The Morgan fingerprint density at radius 2 is 1.58 bits per heavy atom. The van der Waals surface area contributed by atoms with Crippen LogP contribution in [-0.2, 0) is 22.0 Å². The number of carbonyl (C=O) groups excluding carboxylic acids is 1. The first-order valence-electron chi connectivity index (χ1n) is 11.2. The van der Waals surface area contributed by atoms with Gasteiger partial charge in [0.15, 0.2) is 0 Å². The van der Waals surface area contributed by atoms with Gasteiger partial charge in [-0.15, -0.1) is 0 Å². The van der Waals surface area contributed by atoms with Crippen molar-refractivity contribution >= 4 is 11.6 Å². The molecular formula is C29H29NO. The Hall–Kier alpha value is -3.13. The summed E-state index contributed by atoms with van der Waals surface area (Å²) in [4.78, 5) is 16.4. The smallest absolute Gasteiger partial charge is 0.247 e. The molecule has 2 bridgehead atoms. The van der Waals surface area contributed by atoms with Gasteiger partial charge in [0.25, 0.3) is 0 Å². The van der Waals surface area contributed by atoms with Gasteiger partial charge in [-0.2, -0.15) is 0 Å². The van der Waals surface area contributed by atoms with Crippen molar-refractivity contribution in [1.29, 1.82) is 0 Å². The molecule has 2 aliphatic heterocycles. The lowest BCUT2D eigenvalue weighted by molar-refractivity contribution is -0.120. The Bertz CT molecular complexity index is 1170. The quantitative estimate of drug-likeness (QED) is 0.442. The van der Waals surface area contributed by atoms with Gasteiger partial charge in [-0.25, -0.2) is 0 Å². The zero-order valence-electron chi connectivity index (χ0n) is 18.6. The number of para-hydroxylation sites is 1. The highest BCUT2D eigenvalue weighted by molar-refractivity contribution is 6.13. The molecule has 1 atom stereocenters. The highest BCUT2D eigenvalue weighted by Crippen LogP contribution is 2.52. The van der Waals surface area contributed by atoms with Gasteiger partial charge in [-0.05, 0) is 46.6 Å². The Morgan fingerprint density at radius 3 is 2.35 bits per heavy atom. The van der Waals surface area contributed by atoms with Crippen molar-refractivity contribution in [2.75, 3.05) is 11.4 Å². The number of amides is 1. The molecule has 0 N–H and O–H groups in total. The van der Waals surface area contributed by atoms with E-state index in [4.69, 9.17) is 0 Å². The molecule has 0 aliphatic carbocycles. The standard InChI is InChI=1S/C29H29NO/c1-28(2,3)23-18-17-21-12-6-5-11-19-30-26-16-10-9-15-24(26)29(27(30)31,25(21)20-23)22-13-7-4-8-14-22/h4-5,7-11,13-18,20H,6,12,19H2,1-3H3/b11-5-. The fourth-order valence-electron chi connectivity index (χ4n) is 5.16. The van der Waals surface area contributed by atoms with Crippen LogP contribution in [0.15, 0.2) is 84.9 Å². The summed E-state index contributed by atoms with van der Waals surface area (Å²) in [6.07, 6.45) is 6.26. The van der Waals surface area contributed by atoms with Crippen molar-refractivity contribution in [2.45, 2.75) is 44.4 Å². The summed E-state index contributed by atoms with van der Waals surface area (Å²) >= 11 is 0. The Morgan fingerprint density at radius 1 is 0.839 bits per heavy atom. The van der Waals surface area contributed by atoms with Crippen LogP contribution in [-0.4, -0.2) is 12.5 Å². The van der Waals surface area contributed by atoms with Gasteiger partial charge >= 0.3 is 0 Å². The number of fused-ring (bicyclic) bond motifs is 7. The average molecular weight is 408 g/mol. The molecule has 5 rings (SSSR count). The predicted molar refractivity (Wildman–Crippen MR) is 128 cm³/mol. The molecule has 3 aromatic rings. The zero-order valence-corrected chi connectivity index (χ0v) is 18.6. The van der Waals surface area contributed by atoms with Crippen LogP contribution in [0.2, 0.25) is 0 Å². The molecule has 0 aromatic heterocycles. The molecule has 2 heteroatoms. The maximum atomic E-state index is 14.4. The number of allylic oxidation sites excluding steroid dienone is 1. The van der Waals surface area contributed by atoms with Crippen LogP contribution in [0.1, 0.15) is 55.0 Å². The molecule has 2 heterocycles. The minimum Gasteiger partial charge on any atom is -0.307 e. The lowest BCUT2D eigenvalue weighted by Crippen LogP contribution is -2.43. The Labute approximate surface area is 185 Å². The van der Waals surface area contributed by atoms with Crippen LogP contribution in [0.3, 0.4) is 0 Å². The summed E-state index contributed by atoms with van der Waals surface area (Å²) < 4.78 is 0. The first kappa shape index (κ1) is 19.8. The van der Waals surface area contributed by atoms with E-state index < -0.39 is 5.41 Å². The van der Waals surface area contributed by atoms with Crippen LogP contribution in [0.25, 0.3) is 0 Å². The molecule has 156 valence electrons. The monoisotopic (exact) mass is 407 g/mol. The summed E-state index contributed by atoms with van der Waals surface area (Å²) in [5.74, 6) is 0.152. The van der Waals surface area contributed by atoms with Crippen molar-refractivity contribution in [2.24, 2.45) is 0 Å². The largest absolute Gasteiger partial charge is 0.307 e. The first-order chi connectivity index (χ1) is 14.9. The van der Waals surface area contributed by atoms with E-state index in [-0.39, 0.29) is 11.3 Å². The fourth-order valence-corrected chi connectivity index (χ4v) is 5.16. The summed E-state index contributed by atoms with van der Waals surface area (Å²) in [5.41, 5.74) is 6.01.